The van der Waals surface area contributed by atoms with Crippen molar-refractivity contribution in [1.29, 1.82) is 0 Å². The molecule has 1 aliphatic rings. The summed E-state index contributed by atoms with van der Waals surface area (Å²) in [5.41, 5.74) is 0.552. The van der Waals surface area contributed by atoms with Gasteiger partial charge in [0.05, 0.1) is 18.2 Å². The number of aliphatic hydroxyl groups excluding tert-OH is 1. The van der Waals surface area contributed by atoms with Gasteiger partial charge in [-0.2, -0.15) is 0 Å². The molecule has 0 aromatic carbocycles. The summed E-state index contributed by atoms with van der Waals surface area (Å²) >= 11 is 0. The van der Waals surface area contributed by atoms with Gasteiger partial charge in [-0.1, -0.05) is 6.92 Å². The minimum absolute atomic E-state index is 0.00740. The van der Waals surface area contributed by atoms with Crippen LogP contribution in [0.15, 0.2) is 37.1 Å². The summed E-state index contributed by atoms with van der Waals surface area (Å²) in [7, 11) is 0. The highest BCUT2D eigenvalue weighted by Crippen LogP contribution is 2.24. The highest BCUT2D eigenvalue weighted by Gasteiger charge is 2.31. The Bertz CT molecular complexity index is 624. The highest BCUT2D eigenvalue weighted by molar-refractivity contribution is 5.94. The first-order valence-corrected chi connectivity index (χ1v) is 7.57. The lowest BCUT2D eigenvalue weighted by Crippen LogP contribution is -2.49. The van der Waals surface area contributed by atoms with E-state index in [2.05, 4.69) is 16.9 Å². The fourth-order valence-electron chi connectivity index (χ4n) is 3.01. The molecule has 0 spiro atoms. The Balaban J connectivity index is 1.79. The van der Waals surface area contributed by atoms with Crippen molar-refractivity contribution in [2.45, 2.75) is 25.8 Å². The van der Waals surface area contributed by atoms with Crippen molar-refractivity contribution >= 4 is 5.91 Å². The zero-order valence-electron chi connectivity index (χ0n) is 12.6. The average Bonchev–Trinajstić information content (AvgIpc) is 3.08. The van der Waals surface area contributed by atoms with Gasteiger partial charge in [-0.3, -0.25) is 9.36 Å². The monoisotopic (exact) mass is 300 g/mol. The van der Waals surface area contributed by atoms with E-state index in [0.29, 0.717) is 18.0 Å². The predicted molar refractivity (Wildman–Crippen MR) is 81.7 cm³/mol. The number of amides is 1. The summed E-state index contributed by atoms with van der Waals surface area (Å²) in [5, 5.41) is 9.58. The molecule has 2 atom stereocenters. The van der Waals surface area contributed by atoms with Crippen molar-refractivity contribution < 1.29 is 9.90 Å². The number of likely N-dealkylation sites (tertiary alicyclic amines) is 1. The molecule has 3 rings (SSSR count). The van der Waals surface area contributed by atoms with Gasteiger partial charge in [-0.05, 0) is 30.9 Å². The van der Waals surface area contributed by atoms with Gasteiger partial charge in [0, 0.05) is 25.1 Å². The van der Waals surface area contributed by atoms with Crippen LogP contribution in [0.1, 0.15) is 30.1 Å². The molecule has 0 bridgehead atoms. The Morgan fingerprint density at radius 2 is 2.32 bits per heavy atom. The molecular weight excluding hydrogens is 280 g/mol. The number of carbonyl (C=O) groups excluding carboxylic acids is 1. The minimum atomic E-state index is -0.102. The molecule has 2 aromatic rings. The van der Waals surface area contributed by atoms with Gasteiger partial charge in [-0.25, -0.2) is 9.97 Å². The second kappa shape index (κ2) is 6.27. The second-order valence-electron chi connectivity index (χ2n) is 5.74. The summed E-state index contributed by atoms with van der Waals surface area (Å²) in [6.45, 7) is 2.78. The second-order valence-corrected chi connectivity index (χ2v) is 5.74. The molecule has 3 heterocycles. The number of carbonyl (C=O) groups is 1. The summed E-state index contributed by atoms with van der Waals surface area (Å²) < 4.78 is 1.79. The van der Waals surface area contributed by atoms with E-state index in [4.69, 9.17) is 0 Å². The molecule has 22 heavy (non-hydrogen) atoms. The quantitative estimate of drug-likeness (QED) is 0.932. The van der Waals surface area contributed by atoms with Crippen LogP contribution >= 0.6 is 0 Å². The van der Waals surface area contributed by atoms with Crippen molar-refractivity contribution in [2.24, 2.45) is 5.92 Å². The van der Waals surface area contributed by atoms with E-state index in [1.807, 2.05) is 0 Å². The van der Waals surface area contributed by atoms with Gasteiger partial charge in [0.2, 0.25) is 0 Å². The van der Waals surface area contributed by atoms with Crippen LogP contribution in [0.4, 0.5) is 0 Å². The molecule has 0 aliphatic carbocycles. The van der Waals surface area contributed by atoms with Crippen molar-refractivity contribution in [2.75, 3.05) is 13.2 Å². The normalized spacial score (nSPS) is 21.8. The lowest BCUT2D eigenvalue weighted by atomic mass is 9.91. The molecule has 1 fully saturated rings. The number of hydrogen-bond donors (Lipinski definition) is 1. The van der Waals surface area contributed by atoms with Crippen molar-refractivity contribution in [3.63, 3.8) is 0 Å². The van der Waals surface area contributed by atoms with Crippen LogP contribution in [0.3, 0.4) is 0 Å². The highest BCUT2D eigenvalue weighted by atomic mass is 16.3. The number of pyridine rings is 1. The standard InChI is InChI=1S/C16H20N4O2/c1-12-3-2-7-20(14(12)10-21)16(22)13-4-5-15(18-9-13)19-8-6-17-11-19/h4-6,8-9,11-12,14,21H,2-3,7,10H2,1H3. The Hall–Kier alpha value is -2.21. The van der Waals surface area contributed by atoms with Crippen LogP contribution in [0.25, 0.3) is 5.82 Å². The van der Waals surface area contributed by atoms with Gasteiger partial charge in [0.1, 0.15) is 12.1 Å². The van der Waals surface area contributed by atoms with Crippen molar-refractivity contribution in [3.8, 4) is 5.82 Å². The Labute approximate surface area is 129 Å². The summed E-state index contributed by atoms with van der Waals surface area (Å²) in [5.74, 6) is 0.982. The molecule has 1 N–H and O–H groups in total. The van der Waals surface area contributed by atoms with Crippen molar-refractivity contribution in [3.05, 3.63) is 42.6 Å². The third kappa shape index (κ3) is 2.74. The summed E-state index contributed by atoms with van der Waals surface area (Å²) in [6, 6.07) is 3.48. The Kier molecular flexibility index (Phi) is 4.20. The molecule has 6 nitrogen and oxygen atoms in total. The fourth-order valence-corrected chi connectivity index (χ4v) is 3.01. The van der Waals surface area contributed by atoms with E-state index < -0.39 is 0 Å². The molecule has 1 aliphatic heterocycles. The van der Waals surface area contributed by atoms with Crippen LogP contribution in [-0.2, 0) is 0 Å². The number of imidazole rings is 1. The minimum Gasteiger partial charge on any atom is -0.394 e. The zero-order valence-corrected chi connectivity index (χ0v) is 12.6. The molecular formula is C16H20N4O2. The zero-order chi connectivity index (χ0) is 15.5. The van der Waals surface area contributed by atoms with Crippen LogP contribution in [0, 0.1) is 5.92 Å². The molecule has 6 heteroatoms. The average molecular weight is 300 g/mol. The lowest BCUT2D eigenvalue weighted by molar-refractivity contribution is 0.0358. The van der Waals surface area contributed by atoms with E-state index in [0.717, 1.165) is 18.7 Å². The van der Waals surface area contributed by atoms with E-state index in [-0.39, 0.29) is 18.6 Å². The van der Waals surface area contributed by atoms with Crippen LogP contribution in [0.2, 0.25) is 0 Å². The third-order valence-electron chi connectivity index (χ3n) is 4.33. The molecule has 0 saturated carbocycles. The molecule has 1 amide bonds. The maximum absolute atomic E-state index is 12.7. The van der Waals surface area contributed by atoms with Gasteiger partial charge in [0.15, 0.2) is 0 Å². The number of aromatic nitrogens is 3. The van der Waals surface area contributed by atoms with E-state index in [1.54, 1.807) is 46.5 Å². The summed E-state index contributed by atoms with van der Waals surface area (Å²) in [6.07, 6.45) is 8.76. The maximum atomic E-state index is 12.7. The smallest absolute Gasteiger partial charge is 0.255 e. The first-order chi connectivity index (χ1) is 10.7. The van der Waals surface area contributed by atoms with Crippen LogP contribution in [0.5, 0.6) is 0 Å². The molecule has 2 unspecified atom stereocenters. The number of aliphatic hydroxyl groups is 1. The largest absolute Gasteiger partial charge is 0.394 e. The Morgan fingerprint density at radius 3 is 2.95 bits per heavy atom. The van der Waals surface area contributed by atoms with E-state index >= 15 is 0 Å². The third-order valence-corrected chi connectivity index (χ3v) is 4.33. The van der Waals surface area contributed by atoms with Gasteiger partial charge >= 0.3 is 0 Å². The number of piperidine rings is 1. The molecule has 116 valence electrons. The Morgan fingerprint density at radius 1 is 1.45 bits per heavy atom. The van der Waals surface area contributed by atoms with E-state index in [9.17, 15) is 9.90 Å². The van der Waals surface area contributed by atoms with E-state index in [1.165, 1.54) is 0 Å². The molecule has 0 radical (unpaired) electrons. The summed E-state index contributed by atoms with van der Waals surface area (Å²) in [4.78, 5) is 22.7. The number of nitrogens with zero attached hydrogens (tertiary/aromatic N) is 4. The topological polar surface area (TPSA) is 71.2 Å². The van der Waals surface area contributed by atoms with Crippen LogP contribution in [-0.4, -0.2) is 49.6 Å². The first-order valence-electron chi connectivity index (χ1n) is 7.57. The maximum Gasteiger partial charge on any atom is 0.255 e. The van der Waals surface area contributed by atoms with Gasteiger partial charge in [-0.15, -0.1) is 0 Å². The number of hydrogen-bond acceptors (Lipinski definition) is 4. The van der Waals surface area contributed by atoms with Crippen LogP contribution < -0.4 is 0 Å². The first kappa shape index (κ1) is 14.7. The predicted octanol–water partition coefficient (Wildman–Crippen LogP) is 1.50. The lowest BCUT2D eigenvalue weighted by Gasteiger charge is -2.39. The molecule has 2 aromatic heterocycles. The van der Waals surface area contributed by atoms with Gasteiger partial charge < -0.3 is 10.0 Å². The number of rotatable bonds is 3. The molecule has 1 saturated heterocycles. The van der Waals surface area contributed by atoms with Crippen molar-refractivity contribution in [1.82, 2.24) is 19.4 Å². The SMILES string of the molecule is CC1CCCN(C(=O)c2ccc(-n3ccnc3)nc2)C1CO. The van der Waals surface area contributed by atoms with Gasteiger partial charge in [0.25, 0.3) is 5.91 Å². The fraction of sp³-hybridized carbons (Fsp3) is 0.438.